The molecule has 13 heavy (non-hydrogen) atoms. The first kappa shape index (κ1) is 6.90. The van der Waals surface area contributed by atoms with E-state index in [1.54, 1.807) is 6.07 Å². The van der Waals surface area contributed by atoms with Crippen molar-refractivity contribution >= 4 is 5.69 Å². The molecule has 3 heterocycles. The average molecular weight is 171 g/mol. The molecule has 3 aliphatic rings. The van der Waals surface area contributed by atoms with Crippen LogP contribution in [-0.2, 0) is 0 Å². The van der Waals surface area contributed by atoms with Crippen LogP contribution in [-0.4, -0.2) is 11.0 Å². The van der Waals surface area contributed by atoms with Crippen molar-refractivity contribution in [3.8, 4) is 6.07 Å². The number of hydrogen-bond acceptors (Lipinski definition) is 3. The van der Waals surface area contributed by atoms with Gasteiger partial charge in [0.05, 0.1) is 11.4 Å². The van der Waals surface area contributed by atoms with Gasteiger partial charge in [-0.05, 0) is 25.0 Å². The Labute approximate surface area is 76.4 Å². The first-order valence-corrected chi connectivity index (χ1v) is 4.54. The smallest absolute Gasteiger partial charge is 0.140 e. The Morgan fingerprint density at radius 2 is 2.31 bits per heavy atom. The normalized spacial score (nSPS) is 27.9. The van der Waals surface area contributed by atoms with E-state index in [1.807, 2.05) is 6.07 Å². The molecule has 4 rings (SSSR count). The number of nitriles is 1. The van der Waals surface area contributed by atoms with Gasteiger partial charge in [-0.3, -0.25) is 0 Å². The topological polar surface area (TPSA) is 48.7 Å². The molecule has 2 aliphatic heterocycles. The summed E-state index contributed by atoms with van der Waals surface area (Å²) in [6.07, 6.45) is 2.38. The summed E-state index contributed by atoms with van der Waals surface area (Å²) in [6.45, 7) is 0. The molecule has 0 amide bonds. The van der Waals surface area contributed by atoms with E-state index in [9.17, 15) is 0 Å². The Balaban J connectivity index is 2.13. The fraction of sp³-hybridized carbons (Fsp3) is 0.400. The lowest BCUT2D eigenvalue weighted by atomic mass is 9.74. The number of nitrogens with one attached hydrogen (secondary N) is 1. The largest absolute Gasteiger partial charge is 0.381 e. The molecular formula is C10H9N3. The van der Waals surface area contributed by atoms with E-state index in [0.29, 0.717) is 17.7 Å². The number of pyridine rings is 1. The third kappa shape index (κ3) is 0.858. The molecule has 64 valence electrons. The maximum Gasteiger partial charge on any atom is 0.140 e. The summed E-state index contributed by atoms with van der Waals surface area (Å²) in [5.41, 5.74) is 2.76. The van der Waals surface area contributed by atoms with E-state index in [-0.39, 0.29) is 0 Å². The summed E-state index contributed by atoms with van der Waals surface area (Å²) >= 11 is 0. The lowest BCUT2D eigenvalue weighted by molar-refractivity contribution is 0.349. The number of anilines is 1. The molecule has 3 heteroatoms. The van der Waals surface area contributed by atoms with Crippen molar-refractivity contribution in [2.24, 2.45) is 0 Å². The van der Waals surface area contributed by atoms with Crippen molar-refractivity contribution in [1.82, 2.24) is 4.98 Å². The molecule has 0 radical (unpaired) electrons. The number of hydrogen-bond donors (Lipinski definition) is 1. The predicted molar refractivity (Wildman–Crippen MR) is 48.3 cm³/mol. The molecule has 0 atom stereocenters. The van der Waals surface area contributed by atoms with Crippen molar-refractivity contribution in [3.05, 3.63) is 23.5 Å². The van der Waals surface area contributed by atoms with E-state index < -0.39 is 0 Å². The molecule has 1 aromatic heterocycles. The van der Waals surface area contributed by atoms with E-state index >= 15 is 0 Å². The van der Waals surface area contributed by atoms with Crippen LogP contribution in [0, 0.1) is 11.3 Å². The van der Waals surface area contributed by atoms with Gasteiger partial charge in [0.25, 0.3) is 0 Å². The summed E-state index contributed by atoms with van der Waals surface area (Å²) in [7, 11) is 0. The van der Waals surface area contributed by atoms with Gasteiger partial charge in [0.2, 0.25) is 0 Å². The second-order valence-corrected chi connectivity index (χ2v) is 3.75. The summed E-state index contributed by atoms with van der Waals surface area (Å²) in [5, 5.41) is 12.1. The quantitative estimate of drug-likeness (QED) is 0.645. The zero-order chi connectivity index (χ0) is 8.84. The van der Waals surface area contributed by atoms with Gasteiger partial charge >= 0.3 is 0 Å². The van der Waals surface area contributed by atoms with Crippen LogP contribution in [0.5, 0.6) is 0 Å². The average Bonchev–Trinajstić information content (AvgIpc) is 2.14. The van der Waals surface area contributed by atoms with Crippen LogP contribution < -0.4 is 5.32 Å². The minimum atomic E-state index is 0.533. The van der Waals surface area contributed by atoms with Crippen molar-refractivity contribution in [2.75, 3.05) is 5.32 Å². The summed E-state index contributed by atoms with van der Waals surface area (Å²) in [5.74, 6) is 0.606. The zero-order valence-corrected chi connectivity index (χ0v) is 7.12. The highest BCUT2D eigenvalue weighted by atomic mass is 15.0. The van der Waals surface area contributed by atoms with Crippen molar-refractivity contribution in [2.45, 2.75) is 24.8 Å². The van der Waals surface area contributed by atoms with Gasteiger partial charge in [-0.15, -0.1) is 0 Å². The van der Waals surface area contributed by atoms with E-state index in [2.05, 4.69) is 16.4 Å². The third-order valence-electron chi connectivity index (χ3n) is 2.92. The van der Waals surface area contributed by atoms with Crippen LogP contribution >= 0.6 is 0 Å². The lowest BCUT2D eigenvalue weighted by Crippen LogP contribution is -2.40. The van der Waals surface area contributed by atoms with Crippen molar-refractivity contribution in [3.63, 3.8) is 0 Å². The molecule has 0 spiro atoms. The Hall–Kier alpha value is -1.56. The van der Waals surface area contributed by atoms with Gasteiger partial charge in [0.15, 0.2) is 0 Å². The van der Waals surface area contributed by atoms with Crippen LogP contribution in [0.3, 0.4) is 0 Å². The van der Waals surface area contributed by atoms with Gasteiger partial charge in [-0.1, -0.05) is 0 Å². The van der Waals surface area contributed by atoms with Crippen LogP contribution in [0.25, 0.3) is 0 Å². The fourth-order valence-corrected chi connectivity index (χ4v) is 2.15. The summed E-state index contributed by atoms with van der Waals surface area (Å²) in [6, 6.07) is 6.48. The lowest BCUT2D eigenvalue weighted by Gasteiger charge is -2.42. The number of nitrogens with zero attached hydrogens (tertiary/aromatic N) is 2. The Morgan fingerprint density at radius 3 is 3.08 bits per heavy atom. The summed E-state index contributed by atoms with van der Waals surface area (Å²) in [4.78, 5) is 4.33. The van der Waals surface area contributed by atoms with Crippen LogP contribution in [0.15, 0.2) is 12.1 Å². The highest BCUT2D eigenvalue weighted by molar-refractivity contribution is 5.56. The molecule has 3 nitrogen and oxygen atoms in total. The van der Waals surface area contributed by atoms with Gasteiger partial charge in [-0.2, -0.15) is 5.26 Å². The molecule has 2 bridgehead atoms. The molecule has 1 aliphatic carbocycles. The van der Waals surface area contributed by atoms with Crippen LogP contribution in [0.1, 0.15) is 30.1 Å². The zero-order valence-electron chi connectivity index (χ0n) is 7.12. The molecule has 0 saturated heterocycles. The van der Waals surface area contributed by atoms with Gasteiger partial charge < -0.3 is 5.32 Å². The first-order chi connectivity index (χ1) is 6.36. The second-order valence-electron chi connectivity index (χ2n) is 3.75. The van der Waals surface area contributed by atoms with Crippen molar-refractivity contribution in [1.29, 1.82) is 5.26 Å². The third-order valence-corrected chi connectivity index (χ3v) is 2.92. The summed E-state index contributed by atoms with van der Waals surface area (Å²) < 4.78 is 0. The molecule has 0 aromatic carbocycles. The minimum absolute atomic E-state index is 0.533. The van der Waals surface area contributed by atoms with E-state index in [4.69, 9.17) is 5.26 Å². The monoisotopic (exact) mass is 171 g/mol. The van der Waals surface area contributed by atoms with Crippen LogP contribution in [0.4, 0.5) is 5.69 Å². The molecular weight excluding hydrogens is 162 g/mol. The molecule has 1 fully saturated rings. The second kappa shape index (κ2) is 2.23. The van der Waals surface area contributed by atoms with Gasteiger partial charge in [-0.25, -0.2) is 4.98 Å². The molecule has 0 unspecified atom stereocenters. The maximum absolute atomic E-state index is 8.71. The Kier molecular flexibility index (Phi) is 1.18. The molecule has 1 aromatic rings. The highest BCUT2D eigenvalue weighted by Gasteiger charge is 2.37. The number of aromatic nitrogens is 1. The molecule has 1 saturated carbocycles. The fourth-order valence-electron chi connectivity index (χ4n) is 2.15. The SMILES string of the molecule is N#Cc1ccc2c(n1)C1CC(C1)N2. The predicted octanol–water partition coefficient (Wildman–Crippen LogP) is 1.62. The van der Waals surface area contributed by atoms with E-state index in [0.717, 1.165) is 11.4 Å². The van der Waals surface area contributed by atoms with E-state index in [1.165, 1.54) is 12.8 Å². The van der Waals surface area contributed by atoms with Crippen molar-refractivity contribution < 1.29 is 0 Å². The maximum atomic E-state index is 8.71. The standard InChI is InChI=1S/C10H9N3/c11-5-7-1-2-9-10(13-7)6-3-8(4-6)12-9/h1-2,6,8,12H,3-4H2. The van der Waals surface area contributed by atoms with Gasteiger partial charge in [0.1, 0.15) is 11.8 Å². The minimum Gasteiger partial charge on any atom is -0.381 e. The first-order valence-electron chi connectivity index (χ1n) is 4.54. The number of rotatable bonds is 0. The van der Waals surface area contributed by atoms with Gasteiger partial charge in [0, 0.05) is 12.0 Å². The Bertz CT molecular complexity index is 399. The molecule has 1 N–H and O–H groups in total. The Morgan fingerprint density at radius 1 is 1.46 bits per heavy atom. The van der Waals surface area contributed by atoms with Crippen LogP contribution in [0.2, 0.25) is 0 Å². The highest BCUT2D eigenvalue weighted by Crippen LogP contribution is 2.45.